The molecule has 1 saturated heterocycles. The van der Waals surface area contributed by atoms with Gasteiger partial charge < -0.3 is 9.88 Å². The number of carbonyl (C=O) groups excluding carboxylic acids is 1. The van der Waals surface area contributed by atoms with E-state index in [1.165, 1.54) is 17.7 Å². The molecule has 1 aliphatic heterocycles. The summed E-state index contributed by atoms with van der Waals surface area (Å²) < 4.78 is 13.4. The Balaban J connectivity index is 1.49. The van der Waals surface area contributed by atoms with E-state index in [-0.39, 0.29) is 17.8 Å². The van der Waals surface area contributed by atoms with Gasteiger partial charge in [-0.25, -0.2) is 4.39 Å². The highest BCUT2D eigenvalue weighted by atomic mass is 19.1. The lowest BCUT2D eigenvalue weighted by Gasteiger charge is -2.24. The Kier molecular flexibility index (Phi) is 4.22. The maximum absolute atomic E-state index is 13.4. The molecule has 0 radical (unpaired) electrons. The number of H-pyrrole nitrogens is 1. The molecule has 0 saturated carbocycles. The van der Waals surface area contributed by atoms with E-state index >= 15 is 0 Å². The summed E-state index contributed by atoms with van der Waals surface area (Å²) in [6.07, 6.45) is 7.56. The number of carbonyl (C=O) groups is 1. The number of nitrogens with zero attached hydrogens (tertiary/aromatic N) is 2. The molecule has 3 aromatic rings. The van der Waals surface area contributed by atoms with Gasteiger partial charge in [-0.3, -0.25) is 9.78 Å². The van der Waals surface area contributed by atoms with Crippen molar-refractivity contribution in [3.63, 3.8) is 0 Å². The van der Waals surface area contributed by atoms with E-state index in [4.69, 9.17) is 0 Å². The van der Waals surface area contributed by atoms with Crippen molar-refractivity contribution in [3.05, 3.63) is 65.9 Å². The average molecular weight is 337 g/mol. The number of hydrogen-bond acceptors (Lipinski definition) is 2. The van der Waals surface area contributed by atoms with E-state index in [1.54, 1.807) is 18.5 Å². The molecule has 0 aliphatic carbocycles. The van der Waals surface area contributed by atoms with Gasteiger partial charge in [-0.15, -0.1) is 0 Å². The highest BCUT2D eigenvalue weighted by molar-refractivity contribution is 5.98. The van der Waals surface area contributed by atoms with Crippen molar-refractivity contribution in [2.75, 3.05) is 6.54 Å². The second-order valence-electron chi connectivity index (χ2n) is 6.60. The summed E-state index contributed by atoms with van der Waals surface area (Å²) in [5.74, 6) is -0.293. The van der Waals surface area contributed by atoms with Gasteiger partial charge in [0.25, 0.3) is 5.91 Å². The molecule has 2 aromatic heterocycles. The minimum atomic E-state index is -0.301. The summed E-state index contributed by atoms with van der Waals surface area (Å²) in [4.78, 5) is 22.0. The molecule has 1 N–H and O–H groups in total. The van der Waals surface area contributed by atoms with Crippen LogP contribution in [0.4, 0.5) is 4.39 Å². The first-order chi connectivity index (χ1) is 12.2. The van der Waals surface area contributed by atoms with Gasteiger partial charge in [-0.2, -0.15) is 0 Å². The summed E-state index contributed by atoms with van der Waals surface area (Å²) in [6.45, 7) is 0.781. The van der Waals surface area contributed by atoms with Crippen LogP contribution in [0.3, 0.4) is 0 Å². The molecule has 0 spiro atoms. The van der Waals surface area contributed by atoms with Gasteiger partial charge in [0.05, 0.1) is 0 Å². The molecular formula is C20H20FN3O. The first-order valence-corrected chi connectivity index (χ1v) is 8.69. The third kappa shape index (κ3) is 3.27. The van der Waals surface area contributed by atoms with Crippen LogP contribution in [0.5, 0.6) is 0 Å². The molecule has 128 valence electrons. The van der Waals surface area contributed by atoms with Crippen molar-refractivity contribution in [2.45, 2.75) is 31.7 Å². The van der Waals surface area contributed by atoms with Crippen molar-refractivity contribution in [3.8, 4) is 0 Å². The molecule has 1 aliphatic rings. The third-order valence-corrected chi connectivity index (χ3v) is 4.97. The normalized spacial score (nSPS) is 17.3. The molecular weight excluding hydrogens is 317 g/mol. The first kappa shape index (κ1) is 15.8. The molecule has 4 nitrogen and oxygen atoms in total. The largest absolute Gasteiger partial charge is 0.350 e. The fourth-order valence-corrected chi connectivity index (χ4v) is 3.66. The smallest absolute Gasteiger partial charge is 0.270 e. The maximum Gasteiger partial charge on any atom is 0.270 e. The molecule has 4 rings (SSSR count). The maximum atomic E-state index is 13.4. The monoisotopic (exact) mass is 337 g/mol. The lowest BCUT2D eigenvalue weighted by atomic mass is 10.0. The third-order valence-electron chi connectivity index (χ3n) is 4.97. The van der Waals surface area contributed by atoms with Gasteiger partial charge in [-0.05, 0) is 67.6 Å². The molecule has 0 bridgehead atoms. The van der Waals surface area contributed by atoms with Crippen molar-refractivity contribution in [1.82, 2.24) is 14.9 Å². The van der Waals surface area contributed by atoms with Gasteiger partial charge >= 0.3 is 0 Å². The number of likely N-dealkylation sites (tertiary alicyclic amines) is 1. The number of aromatic amines is 1. The zero-order valence-electron chi connectivity index (χ0n) is 13.9. The van der Waals surface area contributed by atoms with Crippen LogP contribution in [0.2, 0.25) is 0 Å². The quantitative estimate of drug-likeness (QED) is 0.784. The minimum absolute atomic E-state index is 0.00818. The average Bonchev–Trinajstić information content (AvgIpc) is 3.26. The summed E-state index contributed by atoms with van der Waals surface area (Å²) in [7, 11) is 0. The van der Waals surface area contributed by atoms with Crippen LogP contribution in [-0.4, -0.2) is 33.4 Å². The van der Waals surface area contributed by atoms with Crippen molar-refractivity contribution in [1.29, 1.82) is 0 Å². The van der Waals surface area contributed by atoms with Crippen LogP contribution in [0.15, 0.2) is 48.8 Å². The Morgan fingerprint density at radius 2 is 2.08 bits per heavy atom. The number of halogens is 1. The highest BCUT2D eigenvalue weighted by Gasteiger charge is 2.29. The second kappa shape index (κ2) is 6.67. The number of pyridine rings is 1. The van der Waals surface area contributed by atoms with Crippen LogP contribution in [0.25, 0.3) is 10.9 Å². The summed E-state index contributed by atoms with van der Waals surface area (Å²) in [5.41, 5.74) is 2.45. The van der Waals surface area contributed by atoms with Crippen molar-refractivity contribution < 1.29 is 9.18 Å². The molecule has 1 atom stereocenters. The molecule has 1 fully saturated rings. The number of rotatable bonds is 4. The SMILES string of the molecule is O=C(c1cc2ccc(F)cc2[nH]1)N1CCC[C@@H]1CCc1ccncc1. The van der Waals surface area contributed by atoms with Crippen molar-refractivity contribution >= 4 is 16.8 Å². The van der Waals surface area contributed by atoms with E-state index in [0.29, 0.717) is 11.2 Å². The summed E-state index contributed by atoms with van der Waals surface area (Å²) in [6, 6.07) is 10.7. The number of benzene rings is 1. The Bertz CT molecular complexity index is 890. The first-order valence-electron chi connectivity index (χ1n) is 8.69. The standard InChI is InChI=1S/C20H20FN3O/c21-16-5-4-15-12-19(23-18(15)13-16)20(25)24-11-1-2-17(24)6-3-14-7-9-22-10-8-14/h4-5,7-10,12-13,17,23H,1-3,6,11H2/t17-/m1/s1. The number of nitrogens with one attached hydrogen (secondary N) is 1. The molecule has 3 heterocycles. The minimum Gasteiger partial charge on any atom is -0.350 e. The van der Waals surface area contributed by atoms with E-state index in [0.717, 1.165) is 37.6 Å². The number of amides is 1. The van der Waals surface area contributed by atoms with Crippen LogP contribution < -0.4 is 0 Å². The van der Waals surface area contributed by atoms with Crippen molar-refractivity contribution in [2.24, 2.45) is 0 Å². The summed E-state index contributed by atoms with van der Waals surface area (Å²) in [5, 5.41) is 0.859. The molecule has 25 heavy (non-hydrogen) atoms. The van der Waals surface area contributed by atoms with E-state index < -0.39 is 0 Å². The van der Waals surface area contributed by atoms with Gasteiger partial charge in [0.15, 0.2) is 0 Å². The molecule has 1 amide bonds. The van der Waals surface area contributed by atoms with E-state index in [9.17, 15) is 9.18 Å². The molecule has 5 heteroatoms. The van der Waals surface area contributed by atoms with Gasteiger partial charge in [0.2, 0.25) is 0 Å². The lowest BCUT2D eigenvalue weighted by molar-refractivity contribution is 0.0725. The van der Waals surface area contributed by atoms with Crippen LogP contribution in [-0.2, 0) is 6.42 Å². The van der Waals surface area contributed by atoms with Gasteiger partial charge in [0.1, 0.15) is 11.5 Å². The van der Waals surface area contributed by atoms with Crippen LogP contribution in [0.1, 0.15) is 35.3 Å². The summed E-state index contributed by atoms with van der Waals surface area (Å²) >= 11 is 0. The number of hydrogen-bond donors (Lipinski definition) is 1. The zero-order valence-corrected chi connectivity index (χ0v) is 13.9. The Morgan fingerprint density at radius 1 is 1.24 bits per heavy atom. The van der Waals surface area contributed by atoms with Crippen LogP contribution >= 0.6 is 0 Å². The lowest BCUT2D eigenvalue weighted by Crippen LogP contribution is -2.36. The van der Waals surface area contributed by atoms with Crippen LogP contribution in [0, 0.1) is 5.82 Å². The van der Waals surface area contributed by atoms with Gasteiger partial charge in [-0.1, -0.05) is 0 Å². The highest BCUT2D eigenvalue weighted by Crippen LogP contribution is 2.25. The predicted molar refractivity (Wildman–Crippen MR) is 94.9 cm³/mol. The van der Waals surface area contributed by atoms with Gasteiger partial charge in [0, 0.05) is 35.9 Å². The molecule has 1 aromatic carbocycles. The second-order valence-corrected chi connectivity index (χ2v) is 6.60. The Hall–Kier alpha value is -2.69. The topological polar surface area (TPSA) is 49.0 Å². The number of aryl methyl sites for hydroxylation is 1. The zero-order chi connectivity index (χ0) is 17.2. The Morgan fingerprint density at radius 3 is 2.92 bits per heavy atom. The van der Waals surface area contributed by atoms with E-state index in [2.05, 4.69) is 9.97 Å². The Labute approximate surface area is 145 Å². The number of aromatic nitrogens is 2. The fraction of sp³-hybridized carbons (Fsp3) is 0.300. The van der Waals surface area contributed by atoms with E-state index in [1.807, 2.05) is 23.1 Å². The fourth-order valence-electron chi connectivity index (χ4n) is 3.66. The molecule has 0 unspecified atom stereocenters. The predicted octanol–water partition coefficient (Wildman–Crippen LogP) is 3.94. The number of fused-ring (bicyclic) bond motifs is 1.